The highest BCUT2D eigenvalue weighted by molar-refractivity contribution is 7.74. The van der Waals surface area contributed by atoms with Crippen LogP contribution in [0.5, 0.6) is 0 Å². The Morgan fingerprint density at radius 1 is 0.370 bits per heavy atom. The molecule has 0 rings (SSSR count). The van der Waals surface area contributed by atoms with Gasteiger partial charge >= 0.3 is 7.60 Å². The Balaban J connectivity index is -0.000000356. The van der Waals surface area contributed by atoms with Crippen LogP contribution in [0.3, 0.4) is 0 Å². The molecule has 0 unspecified atom stereocenters. The maximum Gasteiger partial charge on any atom is 0.338 e. The van der Waals surface area contributed by atoms with Crippen LogP contribution in [0.1, 0.15) is 0 Å². The predicted octanol–water partition coefficient (Wildman–Crippen LogP) is 6.24. The molecule has 0 heterocycles. The van der Waals surface area contributed by atoms with Crippen molar-refractivity contribution in [3.63, 3.8) is 0 Å². The van der Waals surface area contributed by atoms with Crippen LogP contribution >= 0.6 is 44.2 Å². The Morgan fingerprint density at radius 3 is 0.593 bits per heavy atom. The van der Waals surface area contributed by atoms with Gasteiger partial charge in [0.1, 0.15) is 0 Å². The number of rotatable bonds is 6. The summed E-state index contributed by atoms with van der Waals surface area (Å²) in [5, 5.41) is 0. The molecule has 0 aliphatic heterocycles. The average Bonchev–Trinajstić information content (AvgIpc) is 1.96. The molecule has 0 aromatic heterocycles. The molecule has 0 aliphatic carbocycles. The SMILES string of the molecule is CP(C)(=O)OP(C)(=O)OP(C)(C)=O.CP(C)(=O)OP(C)(C)=O.CP(C)(C)=O. The van der Waals surface area contributed by atoms with Gasteiger partial charge < -0.3 is 4.57 Å². The Labute approximate surface area is 164 Å². The van der Waals surface area contributed by atoms with Crippen LogP contribution in [0.15, 0.2) is 0 Å². The summed E-state index contributed by atoms with van der Waals surface area (Å²) in [6.07, 6.45) is 0. The standard InChI is InChI=1S/C5H15O5P3.C4H12O3P2.C3H9OP/c1-11(2,6)9-13(5,8)10-12(3,4)7;1-8(2,5)7-9(3,4)6;1-5(2,3)4/h1-5H3;1-4H3;1-3H3. The largest absolute Gasteiger partial charge is 0.338 e. The highest BCUT2D eigenvalue weighted by Gasteiger charge is 2.29. The van der Waals surface area contributed by atoms with Crippen molar-refractivity contribution < 1.29 is 40.3 Å². The van der Waals surface area contributed by atoms with Gasteiger partial charge in [-0.25, -0.2) is 0 Å². The first kappa shape index (κ1) is 32.9. The lowest BCUT2D eigenvalue weighted by Gasteiger charge is -2.18. The van der Waals surface area contributed by atoms with E-state index in [4.69, 9.17) is 12.9 Å². The highest BCUT2D eigenvalue weighted by Crippen LogP contribution is 2.65. The lowest BCUT2D eigenvalue weighted by atomic mass is 11.9. The van der Waals surface area contributed by atoms with E-state index in [0.29, 0.717) is 0 Å². The number of hydrogen-bond donors (Lipinski definition) is 0. The zero-order valence-electron chi connectivity index (χ0n) is 18.4. The zero-order valence-corrected chi connectivity index (χ0v) is 23.7. The van der Waals surface area contributed by atoms with Crippen LogP contribution in [0, 0.1) is 0 Å². The minimum Gasteiger partial charge on any atom is -0.324 e. The zero-order chi connectivity index (χ0) is 23.1. The molecule has 15 heteroatoms. The number of hydrogen-bond acceptors (Lipinski definition) is 9. The van der Waals surface area contributed by atoms with E-state index in [1.807, 2.05) is 0 Å². The van der Waals surface area contributed by atoms with E-state index in [0.717, 1.165) is 6.66 Å². The molecule has 9 nitrogen and oxygen atoms in total. The van der Waals surface area contributed by atoms with Crippen molar-refractivity contribution in [2.24, 2.45) is 0 Å². The first-order chi connectivity index (χ1) is 11.1. The fourth-order valence-electron chi connectivity index (χ4n) is 1.20. The molecule has 0 saturated heterocycles. The Bertz CT molecular complexity index is 672. The fraction of sp³-hybridized carbons (Fsp3) is 1.00. The van der Waals surface area contributed by atoms with Gasteiger partial charge in [-0.2, -0.15) is 0 Å². The second-order valence-electron chi connectivity index (χ2n) is 7.91. The van der Waals surface area contributed by atoms with E-state index >= 15 is 0 Å². The van der Waals surface area contributed by atoms with Gasteiger partial charge in [0, 0.05) is 60.0 Å². The predicted molar refractivity (Wildman–Crippen MR) is 120 cm³/mol. The Hall–Kier alpha value is 1.26. The minimum atomic E-state index is -3.46. The Morgan fingerprint density at radius 2 is 0.519 bits per heavy atom. The molecule has 0 N–H and O–H groups in total. The molecule has 0 amide bonds. The van der Waals surface area contributed by atoms with Crippen LogP contribution < -0.4 is 0 Å². The first-order valence-electron chi connectivity index (χ1n) is 7.56. The van der Waals surface area contributed by atoms with E-state index in [-0.39, 0.29) is 0 Å². The summed E-state index contributed by atoms with van der Waals surface area (Å²) < 4.78 is 79.8. The third kappa shape index (κ3) is 46.9. The monoisotopic (exact) mass is 510 g/mol. The minimum absolute atomic E-state index is 1.16. The van der Waals surface area contributed by atoms with Gasteiger partial charge in [-0.15, -0.1) is 0 Å². The topological polar surface area (TPSA) is 130 Å². The fourth-order valence-corrected chi connectivity index (χ4v) is 11.1. The molecule has 0 atom stereocenters. The average molecular weight is 510 g/mol. The lowest BCUT2D eigenvalue weighted by molar-refractivity contribution is 0.390. The van der Waals surface area contributed by atoms with Crippen LogP contribution in [0.2, 0.25) is 0 Å². The summed E-state index contributed by atoms with van der Waals surface area (Å²) in [6, 6.07) is 0. The van der Waals surface area contributed by atoms with Gasteiger partial charge in [-0.3, -0.25) is 35.8 Å². The van der Waals surface area contributed by atoms with Crippen molar-refractivity contribution in [3.8, 4) is 0 Å². The van der Waals surface area contributed by atoms with Crippen LogP contribution in [-0.2, 0) is 40.3 Å². The van der Waals surface area contributed by atoms with Crippen molar-refractivity contribution in [3.05, 3.63) is 0 Å². The van der Waals surface area contributed by atoms with E-state index in [1.54, 1.807) is 20.0 Å². The second kappa shape index (κ2) is 11.6. The molecule has 0 radical (unpaired) electrons. The van der Waals surface area contributed by atoms with Crippen molar-refractivity contribution >= 4 is 44.2 Å². The van der Waals surface area contributed by atoms with Gasteiger partial charge in [0.15, 0.2) is 0 Å². The third-order valence-corrected chi connectivity index (χ3v) is 9.75. The summed E-state index contributed by atoms with van der Waals surface area (Å²) in [6.45, 7) is 17.5. The van der Waals surface area contributed by atoms with Crippen LogP contribution in [-0.4, -0.2) is 80.0 Å². The maximum atomic E-state index is 11.5. The van der Waals surface area contributed by atoms with Gasteiger partial charge in [0.2, 0.25) is 29.5 Å². The summed E-state index contributed by atoms with van der Waals surface area (Å²) in [5.74, 6) is 0. The highest BCUT2D eigenvalue weighted by atomic mass is 31.3. The van der Waals surface area contributed by atoms with Crippen molar-refractivity contribution in [1.29, 1.82) is 0 Å². The second-order valence-corrected chi connectivity index (χ2v) is 25.2. The van der Waals surface area contributed by atoms with Crippen molar-refractivity contribution in [2.75, 3.05) is 80.0 Å². The summed E-state index contributed by atoms with van der Waals surface area (Å²) in [5.41, 5.74) is 0. The van der Waals surface area contributed by atoms with Gasteiger partial charge in [-0.1, -0.05) is 0 Å². The van der Waals surface area contributed by atoms with E-state index < -0.39 is 44.2 Å². The summed E-state index contributed by atoms with van der Waals surface area (Å²) >= 11 is 0. The van der Waals surface area contributed by atoms with Crippen molar-refractivity contribution in [1.82, 2.24) is 0 Å². The summed E-state index contributed by atoms with van der Waals surface area (Å²) in [7, 11) is -16.0. The third-order valence-electron chi connectivity index (χ3n) is 1.08. The Kier molecular flexibility index (Phi) is 14.1. The van der Waals surface area contributed by atoms with Gasteiger partial charge in [0.25, 0.3) is 0 Å². The molecule has 168 valence electrons. The molecular weight excluding hydrogens is 474 g/mol. The van der Waals surface area contributed by atoms with E-state index in [2.05, 4.69) is 0 Å². The van der Waals surface area contributed by atoms with Crippen LogP contribution in [0.4, 0.5) is 0 Å². The molecule has 0 bridgehead atoms. The van der Waals surface area contributed by atoms with Gasteiger partial charge in [-0.05, 0) is 20.0 Å². The molecule has 0 spiro atoms. The molecular formula is C12H36O9P6. The molecule has 0 aliphatic rings. The van der Waals surface area contributed by atoms with Crippen molar-refractivity contribution in [2.45, 2.75) is 0 Å². The summed E-state index contributed by atoms with van der Waals surface area (Å²) in [4.78, 5) is 0. The van der Waals surface area contributed by atoms with Crippen LogP contribution in [0.25, 0.3) is 0 Å². The normalized spacial score (nSPS) is 13.8. The molecule has 0 aromatic rings. The lowest BCUT2D eigenvalue weighted by Crippen LogP contribution is -1.90. The van der Waals surface area contributed by atoms with Gasteiger partial charge in [0.05, 0.1) is 7.14 Å². The molecule has 0 saturated carbocycles. The molecule has 0 aromatic carbocycles. The molecule has 27 heavy (non-hydrogen) atoms. The smallest absolute Gasteiger partial charge is 0.324 e. The van der Waals surface area contributed by atoms with E-state index in [9.17, 15) is 27.4 Å². The molecule has 0 fully saturated rings. The first-order valence-corrected chi connectivity index (χ1v) is 22.7. The maximum absolute atomic E-state index is 11.5. The van der Waals surface area contributed by atoms with E-state index in [1.165, 1.54) is 53.3 Å². The quantitative estimate of drug-likeness (QED) is 0.381.